The molecule has 7 heteroatoms. The van der Waals surface area contributed by atoms with Crippen LogP contribution in [0.1, 0.15) is 12.0 Å². The number of hydrogen-bond donors (Lipinski definition) is 2. The van der Waals surface area contributed by atoms with Crippen molar-refractivity contribution in [2.24, 2.45) is 11.8 Å². The molecule has 1 saturated carbocycles. The van der Waals surface area contributed by atoms with Gasteiger partial charge in [0.1, 0.15) is 5.82 Å². The number of morpholine rings is 1. The molecule has 2 aromatic rings. The van der Waals surface area contributed by atoms with Crippen LogP contribution in [0.2, 0.25) is 0 Å². The Morgan fingerprint density at radius 3 is 2.48 bits per heavy atom. The summed E-state index contributed by atoms with van der Waals surface area (Å²) in [7, 11) is 0. The molecule has 1 heterocycles. The maximum absolute atomic E-state index is 13.7. The molecule has 0 bridgehead atoms. The van der Waals surface area contributed by atoms with E-state index in [1.165, 1.54) is 6.07 Å². The number of ether oxygens (including phenoxy) is 1. The average molecular weight is 397 g/mol. The van der Waals surface area contributed by atoms with Gasteiger partial charge in [-0.15, -0.1) is 0 Å². The Hall–Kier alpha value is -2.93. The van der Waals surface area contributed by atoms with E-state index in [0.29, 0.717) is 25.2 Å². The fourth-order valence-electron chi connectivity index (χ4n) is 3.61. The van der Waals surface area contributed by atoms with Crippen LogP contribution in [0.4, 0.5) is 15.8 Å². The van der Waals surface area contributed by atoms with Gasteiger partial charge in [0.05, 0.1) is 36.4 Å². The van der Waals surface area contributed by atoms with Crippen LogP contribution in [0.25, 0.3) is 0 Å². The lowest BCUT2D eigenvalue weighted by atomic mass is 10.2. The maximum Gasteiger partial charge on any atom is 0.228 e. The second kappa shape index (κ2) is 8.61. The number of hydrogen-bond acceptors (Lipinski definition) is 4. The molecule has 2 aliphatic rings. The third-order valence-electron chi connectivity index (χ3n) is 5.39. The zero-order chi connectivity index (χ0) is 20.2. The van der Waals surface area contributed by atoms with Crippen molar-refractivity contribution in [2.45, 2.75) is 13.0 Å². The molecule has 1 aliphatic heterocycles. The van der Waals surface area contributed by atoms with E-state index in [1.54, 1.807) is 18.2 Å². The highest BCUT2D eigenvalue weighted by atomic mass is 19.1. The SMILES string of the molecule is O=C(NCc1ccccc1F)C1CC1C(=O)Nc1ccccc1N1CCOCC1. The monoisotopic (exact) mass is 397 g/mol. The van der Waals surface area contributed by atoms with E-state index in [2.05, 4.69) is 15.5 Å². The number of amides is 2. The second-order valence-corrected chi connectivity index (χ2v) is 7.36. The fourth-order valence-corrected chi connectivity index (χ4v) is 3.61. The van der Waals surface area contributed by atoms with Gasteiger partial charge in [-0.3, -0.25) is 9.59 Å². The molecule has 6 nitrogen and oxygen atoms in total. The zero-order valence-electron chi connectivity index (χ0n) is 16.1. The van der Waals surface area contributed by atoms with Gasteiger partial charge in [0.25, 0.3) is 0 Å². The standard InChI is InChI=1S/C22H24FN3O3/c23-18-6-2-1-5-15(18)14-24-21(27)16-13-17(16)22(28)25-19-7-3-4-8-20(19)26-9-11-29-12-10-26/h1-8,16-17H,9-14H2,(H,24,27)(H,25,28). The van der Waals surface area contributed by atoms with Gasteiger partial charge in [0.2, 0.25) is 11.8 Å². The Balaban J connectivity index is 1.32. The molecular weight excluding hydrogens is 373 g/mol. The lowest BCUT2D eigenvalue weighted by Crippen LogP contribution is -2.36. The van der Waals surface area contributed by atoms with Gasteiger partial charge in [-0.1, -0.05) is 30.3 Å². The molecule has 2 aromatic carbocycles. The highest BCUT2D eigenvalue weighted by molar-refractivity contribution is 6.01. The minimum absolute atomic E-state index is 0.121. The van der Waals surface area contributed by atoms with Crippen molar-refractivity contribution in [3.63, 3.8) is 0 Å². The lowest BCUT2D eigenvalue weighted by molar-refractivity contribution is -0.125. The van der Waals surface area contributed by atoms with Crippen molar-refractivity contribution >= 4 is 23.2 Å². The van der Waals surface area contributed by atoms with Crippen LogP contribution in [0.5, 0.6) is 0 Å². The highest BCUT2D eigenvalue weighted by Crippen LogP contribution is 2.40. The molecule has 1 aliphatic carbocycles. The first-order valence-electron chi connectivity index (χ1n) is 9.87. The topological polar surface area (TPSA) is 70.7 Å². The van der Waals surface area contributed by atoms with Crippen LogP contribution < -0.4 is 15.5 Å². The molecule has 1 saturated heterocycles. The van der Waals surface area contributed by atoms with E-state index >= 15 is 0 Å². The van der Waals surface area contributed by atoms with Gasteiger partial charge in [0, 0.05) is 25.2 Å². The normalized spacial score (nSPS) is 20.8. The molecule has 2 fully saturated rings. The first-order chi connectivity index (χ1) is 14.1. The van der Waals surface area contributed by atoms with E-state index in [1.807, 2.05) is 24.3 Å². The molecular formula is C22H24FN3O3. The summed E-state index contributed by atoms with van der Waals surface area (Å²) >= 11 is 0. The summed E-state index contributed by atoms with van der Waals surface area (Å²) in [6, 6.07) is 14.0. The van der Waals surface area contributed by atoms with Crippen molar-refractivity contribution < 1.29 is 18.7 Å². The maximum atomic E-state index is 13.7. The van der Waals surface area contributed by atoms with Gasteiger partial charge in [0.15, 0.2) is 0 Å². The average Bonchev–Trinajstić information content (AvgIpc) is 3.55. The number of nitrogens with one attached hydrogen (secondary N) is 2. The number of anilines is 2. The molecule has 2 atom stereocenters. The fraction of sp³-hybridized carbons (Fsp3) is 0.364. The molecule has 2 amide bonds. The van der Waals surface area contributed by atoms with Crippen molar-refractivity contribution in [1.82, 2.24) is 5.32 Å². The Morgan fingerprint density at radius 1 is 1.00 bits per heavy atom. The van der Waals surface area contributed by atoms with Gasteiger partial charge in [-0.05, 0) is 24.6 Å². The van der Waals surface area contributed by atoms with E-state index < -0.39 is 0 Å². The van der Waals surface area contributed by atoms with Crippen molar-refractivity contribution in [3.8, 4) is 0 Å². The zero-order valence-corrected chi connectivity index (χ0v) is 16.1. The molecule has 29 heavy (non-hydrogen) atoms. The predicted octanol–water partition coefficient (Wildman–Crippen LogP) is 2.55. The van der Waals surface area contributed by atoms with Crippen LogP contribution in [0.15, 0.2) is 48.5 Å². The molecule has 0 spiro atoms. The van der Waals surface area contributed by atoms with Crippen molar-refractivity contribution in [1.29, 1.82) is 0 Å². The smallest absolute Gasteiger partial charge is 0.228 e. The predicted molar refractivity (Wildman–Crippen MR) is 108 cm³/mol. The molecule has 0 radical (unpaired) electrons. The minimum atomic E-state index is -0.364. The third kappa shape index (κ3) is 4.56. The number of benzene rings is 2. The third-order valence-corrected chi connectivity index (χ3v) is 5.39. The number of halogens is 1. The summed E-state index contributed by atoms with van der Waals surface area (Å²) in [5, 5.41) is 5.71. The van der Waals surface area contributed by atoms with Crippen LogP contribution in [-0.2, 0) is 20.9 Å². The van der Waals surface area contributed by atoms with Gasteiger partial charge < -0.3 is 20.3 Å². The lowest BCUT2D eigenvalue weighted by Gasteiger charge is -2.30. The Kier molecular flexibility index (Phi) is 5.76. The second-order valence-electron chi connectivity index (χ2n) is 7.36. The summed E-state index contributed by atoms with van der Waals surface area (Å²) in [5.41, 5.74) is 2.14. The Labute approximate surface area is 169 Å². The summed E-state index contributed by atoms with van der Waals surface area (Å²) < 4.78 is 19.1. The van der Waals surface area contributed by atoms with E-state index in [4.69, 9.17) is 4.74 Å². The largest absolute Gasteiger partial charge is 0.378 e. The van der Waals surface area contributed by atoms with Crippen LogP contribution in [-0.4, -0.2) is 38.1 Å². The van der Waals surface area contributed by atoms with E-state index in [9.17, 15) is 14.0 Å². The molecule has 152 valence electrons. The van der Waals surface area contributed by atoms with Crippen LogP contribution in [0, 0.1) is 17.7 Å². The van der Waals surface area contributed by atoms with E-state index in [0.717, 1.165) is 24.5 Å². The first kappa shape index (κ1) is 19.4. The molecule has 0 aromatic heterocycles. The number of nitrogens with zero attached hydrogens (tertiary/aromatic N) is 1. The number of carbonyl (C=O) groups is 2. The van der Waals surface area contributed by atoms with Gasteiger partial charge in [-0.25, -0.2) is 4.39 Å². The summed E-state index contributed by atoms with van der Waals surface area (Å²) in [5.74, 6) is -1.44. The van der Waals surface area contributed by atoms with Crippen molar-refractivity contribution in [3.05, 3.63) is 59.9 Å². The number of carbonyl (C=O) groups excluding carboxylic acids is 2. The Morgan fingerprint density at radius 2 is 1.69 bits per heavy atom. The van der Waals surface area contributed by atoms with Crippen molar-refractivity contribution in [2.75, 3.05) is 36.5 Å². The number of rotatable bonds is 6. The van der Waals surface area contributed by atoms with Gasteiger partial charge in [-0.2, -0.15) is 0 Å². The quantitative estimate of drug-likeness (QED) is 0.786. The minimum Gasteiger partial charge on any atom is -0.378 e. The van der Waals surface area contributed by atoms with Crippen LogP contribution >= 0.6 is 0 Å². The summed E-state index contributed by atoms with van der Waals surface area (Å²) in [4.78, 5) is 27.2. The number of para-hydroxylation sites is 2. The summed E-state index contributed by atoms with van der Waals surface area (Å²) in [6.07, 6.45) is 0.509. The van der Waals surface area contributed by atoms with Gasteiger partial charge >= 0.3 is 0 Å². The highest BCUT2D eigenvalue weighted by Gasteiger charge is 2.48. The molecule has 4 rings (SSSR count). The first-order valence-corrected chi connectivity index (χ1v) is 9.87. The molecule has 2 N–H and O–H groups in total. The molecule has 2 unspecified atom stereocenters. The van der Waals surface area contributed by atoms with Crippen LogP contribution in [0.3, 0.4) is 0 Å². The van der Waals surface area contributed by atoms with E-state index in [-0.39, 0.29) is 36.0 Å². The summed E-state index contributed by atoms with van der Waals surface area (Å²) in [6.45, 7) is 3.00. The Bertz CT molecular complexity index is 898.